The zero-order valence-corrected chi connectivity index (χ0v) is 24.8. The zero-order chi connectivity index (χ0) is 29.6. The van der Waals surface area contributed by atoms with E-state index in [0.29, 0.717) is 17.7 Å². The van der Waals surface area contributed by atoms with E-state index in [0.717, 1.165) is 21.0 Å². The van der Waals surface area contributed by atoms with Gasteiger partial charge >= 0.3 is 0 Å². The second-order valence-corrected chi connectivity index (χ2v) is 12.1. The van der Waals surface area contributed by atoms with E-state index in [1.165, 1.54) is 29.2 Å². The van der Waals surface area contributed by atoms with E-state index in [1.54, 1.807) is 43.3 Å². The number of carbonyl (C=O) groups is 2. The molecule has 40 heavy (non-hydrogen) atoms. The fourth-order valence-electron chi connectivity index (χ4n) is 4.44. The van der Waals surface area contributed by atoms with Gasteiger partial charge < -0.3 is 10.2 Å². The summed E-state index contributed by atoms with van der Waals surface area (Å²) in [6, 6.07) is 16.4. The largest absolute Gasteiger partial charge is 0.352 e. The van der Waals surface area contributed by atoms with Crippen LogP contribution in [-0.2, 0) is 26.2 Å². The molecule has 0 unspecified atom stereocenters. The highest BCUT2D eigenvalue weighted by atomic mass is 32.2. The van der Waals surface area contributed by atoms with Crippen molar-refractivity contribution in [3.63, 3.8) is 0 Å². The summed E-state index contributed by atoms with van der Waals surface area (Å²) in [7, 11) is -4.15. The first kappa shape index (κ1) is 30.8. The average molecular weight is 568 g/mol. The molecule has 7 nitrogen and oxygen atoms in total. The summed E-state index contributed by atoms with van der Waals surface area (Å²) in [6.45, 7) is 10.5. The third-order valence-corrected chi connectivity index (χ3v) is 8.59. The summed E-state index contributed by atoms with van der Waals surface area (Å²) in [5, 5.41) is 2.86. The van der Waals surface area contributed by atoms with Crippen LogP contribution in [0, 0.1) is 26.6 Å². The van der Waals surface area contributed by atoms with Crippen LogP contribution in [0.25, 0.3) is 0 Å². The van der Waals surface area contributed by atoms with Crippen molar-refractivity contribution in [2.75, 3.05) is 10.8 Å². The normalized spacial score (nSPS) is 12.2. The Balaban J connectivity index is 2.10. The Kier molecular flexibility index (Phi) is 10.1. The first-order valence-corrected chi connectivity index (χ1v) is 14.8. The van der Waals surface area contributed by atoms with Crippen LogP contribution in [0.15, 0.2) is 71.6 Å². The molecule has 0 aliphatic carbocycles. The molecule has 0 radical (unpaired) electrons. The van der Waals surface area contributed by atoms with Crippen LogP contribution in [0.2, 0.25) is 0 Å². The number of carbonyl (C=O) groups excluding carboxylic acids is 2. The highest BCUT2D eigenvalue weighted by Crippen LogP contribution is 2.29. The Labute approximate surface area is 237 Å². The maximum Gasteiger partial charge on any atom is 0.264 e. The van der Waals surface area contributed by atoms with Crippen LogP contribution in [0.5, 0.6) is 0 Å². The van der Waals surface area contributed by atoms with Crippen molar-refractivity contribution in [3.8, 4) is 0 Å². The average Bonchev–Trinajstić information content (AvgIpc) is 2.89. The Bertz CT molecular complexity index is 1440. The molecule has 2 amide bonds. The molecule has 0 fully saturated rings. The van der Waals surface area contributed by atoms with Crippen LogP contribution >= 0.6 is 0 Å². The van der Waals surface area contributed by atoms with Crippen molar-refractivity contribution in [1.29, 1.82) is 0 Å². The monoisotopic (exact) mass is 567 g/mol. The molecule has 1 atom stereocenters. The molecule has 0 spiro atoms. The van der Waals surface area contributed by atoms with Gasteiger partial charge in [-0.1, -0.05) is 48.9 Å². The Morgan fingerprint density at radius 2 is 1.55 bits per heavy atom. The predicted molar refractivity (Wildman–Crippen MR) is 156 cm³/mol. The number of hydrogen-bond donors (Lipinski definition) is 1. The number of nitrogens with zero attached hydrogens (tertiary/aromatic N) is 2. The van der Waals surface area contributed by atoms with Gasteiger partial charge in [0.1, 0.15) is 18.4 Å². The number of nitrogens with one attached hydrogen (secondary N) is 1. The Morgan fingerprint density at radius 3 is 2.12 bits per heavy atom. The van der Waals surface area contributed by atoms with Gasteiger partial charge in [-0.3, -0.25) is 13.9 Å². The molecule has 0 heterocycles. The number of aryl methyl sites for hydroxylation is 2. The number of amides is 2. The van der Waals surface area contributed by atoms with Gasteiger partial charge in [-0.25, -0.2) is 12.8 Å². The van der Waals surface area contributed by atoms with E-state index >= 15 is 0 Å². The van der Waals surface area contributed by atoms with Crippen LogP contribution in [0.4, 0.5) is 10.1 Å². The number of rotatable bonds is 11. The minimum absolute atomic E-state index is 0.00829. The van der Waals surface area contributed by atoms with E-state index in [4.69, 9.17) is 0 Å². The highest BCUT2D eigenvalue weighted by molar-refractivity contribution is 7.92. The zero-order valence-electron chi connectivity index (χ0n) is 23.9. The first-order valence-electron chi connectivity index (χ1n) is 13.3. The lowest BCUT2D eigenvalue weighted by atomic mass is 10.1. The molecule has 9 heteroatoms. The first-order chi connectivity index (χ1) is 18.8. The number of sulfonamides is 1. The maximum absolute atomic E-state index is 14.1. The third kappa shape index (κ3) is 7.27. The predicted octanol–water partition coefficient (Wildman–Crippen LogP) is 5.28. The SMILES string of the molecule is CC[C@@H](C(=O)NC(C)C)N(Cc1ccc(F)cc1)C(=O)CN(c1cccc(C)c1C)S(=O)(=O)c1ccc(C)cc1. The van der Waals surface area contributed by atoms with Gasteiger partial charge in [0.2, 0.25) is 11.8 Å². The van der Waals surface area contributed by atoms with Crippen molar-refractivity contribution in [1.82, 2.24) is 10.2 Å². The lowest BCUT2D eigenvalue weighted by Crippen LogP contribution is -2.53. The molecule has 0 aromatic heterocycles. The van der Waals surface area contributed by atoms with Crippen molar-refractivity contribution in [2.24, 2.45) is 0 Å². The molecule has 0 saturated heterocycles. The maximum atomic E-state index is 14.1. The molecule has 214 valence electrons. The van der Waals surface area contributed by atoms with E-state index in [9.17, 15) is 22.4 Å². The van der Waals surface area contributed by atoms with Gasteiger partial charge in [0.25, 0.3) is 10.0 Å². The minimum Gasteiger partial charge on any atom is -0.352 e. The fraction of sp³-hybridized carbons (Fsp3) is 0.355. The molecule has 3 rings (SSSR count). The summed E-state index contributed by atoms with van der Waals surface area (Å²) in [5.74, 6) is -1.31. The summed E-state index contributed by atoms with van der Waals surface area (Å²) < 4.78 is 42.8. The molecule has 0 bridgehead atoms. The topological polar surface area (TPSA) is 86.8 Å². The van der Waals surface area contributed by atoms with Crippen molar-refractivity contribution in [3.05, 3.63) is 94.8 Å². The van der Waals surface area contributed by atoms with Crippen LogP contribution in [0.1, 0.15) is 49.4 Å². The van der Waals surface area contributed by atoms with Crippen LogP contribution in [0.3, 0.4) is 0 Å². The van der Waals surface area contributed by atoms with Gasteiger partial charge in [-0.2, -0.15) is 0 Å². The molecule has 0 saturated carbocycles. The summed E-state index contributed by atoms with van der Waals surface area (Å²) in [4.78, 5) is 28.7. The number of hydrogen-bond acceptors (Lipinski definition) is 4. The Morgan fingerprint density at radius 1 is 0.925 bits per heavy atom. The van der Waals surface area contributed by atoms with Crippen LogP contribution in [-0.4, -0.2) is 43.8 Å². The smallest absolute Gasteiger partial charge is 0.264 e. The van der Waals surface area contributed by atoms with Crippen molar-refractivity contribution >= 4 is 27.5 Å². The second kappa shape index (κ2) is 13.1. The van der Waals surface area contributed by atoms with Crippen molar-refractivity contribution in [2.45, 2.75) is 71.5 Å². The molecule has 0 aliphatic rings. The van der Waals surface area contributed by atoms with E-state index in [2.05, 4.69) is 5.32 Å². The molecule has 3 aromatic carbocycles. The molecule has 1 N–H and O–H groups in total. The molecular formula is C31H38FN3O4S. The fourth-order valence-corrected chi connectivity index (χ4v) is 5.91. The number of halogens is 1. The van der Waals surface area contributed by atoms with Gasteiger partial charge in [0, 0.05) is 12.6 Å². The minimum atomic E-state index is -4.15. The number of benzene rings is 3. The summed E-state index contributed by atoms with van der Waals surface area (Å²) >= 11 is 0. The highest BCUT2D eigenvalue weighted by Gasteiger charge is 2.34. The summed E-state index contributed by atoms with van der Waals surface area (Å²) in [6.07, 6.45) is 0.305. The van der Waals surface area contributed by atoms with E-state index < -0.39 is 34.3 Å². The standard InChI is InChI=1S/C31H38FN3O4S/c1-7-28(31(37)33-21(2)3)34(19-25-13-15-26(32)16-14-25)30(36)20-35(29-10-8-9-23(5)24(29)6)40(38,39)27-17-11-22(4)12-18-27/h8-18,21,28H,7,19-20H2,1-6H3,(H,33,37)/t28-/m0/s1. The van der Waals surface area contributed by atoms with Gasteiger partial charge in [-0.15, -0.1) is 0 Å². The molecule has 3 aromatic rings. The number of anilines is 1. The van der Waals surface area contributed by atoms with E-state index in [1.807, 2.05) is 40.7 Å². The van der Waals surface area contributed by atoms with Crippen LogP contribution < -0.4 is 9.62 Å². The van der Waals surface area contributed by atoms with Gasteiger partial charge in [0.15, 0.2) is 0 Å². The summed E-state index contributed by atoms with van der Waals surface area (Å²) in [5.41, 5.74) is 3.50. The Hall–Kier alpha value is -3.72. The van der Waals surface area contributed by atoms with Gasteiger partial charge in [-0.05, 0) is 88.1 Å². The quantitative estimate of drug-likeness (QED) is 0.342. The van der Waals surface area contributed by atoms with Gasteiger partial charge in [0.05, 0.1) is 10.6 Å². The third-order valence-electron chi connectivity index (χ3n) is 6.82. The lowest BCUT2D eigenvalue weighted by Gasteiger charge is -2.34. The van der Waals surface area contributed by atoms with Crippen molar-refractivity contribution < 1.29 is 22.4 Å². The second-order valence-electron chi connectivity index (χ2n) is 10.3. The lowest BCUT2D eigenvalue weighted by molar-refractivity contribution is -0.140. The molecule has 0 aliphatic heterocycles. The van der Waals surface area contributed by atoms with E-state index in [-0.39, 0.29) is 23.4 Å². The molecular weight excluding hydrogens is 529 g/mol.